The molecule has 0 radical (unpaired) electrons. The van der Waals surface area contributed by atoms with Gasteiger partial charge < -0.3 is 14.8 Å². The van der Waals surface area contributed by atoms with Gasteiger partial charge in [0, 0.05) is 18.3 Å². The minimum absolute atomic E-state index is 0.214. The van der Waals surface area contributed by atoms with Crippen LogP contribution in [-0.4, -0.2) is 42.9 Å². The van der Waals surface area contributed by atoms with Gasteiger partial charge in [0.25, 0.3) is 0 Å². The second-order valence-corrected chi connectivity index (χ2v) is 9.97. The van der Waals surface area contributed by atoms with Gasteiger partial charge in [-0.2, -0.15) is 4.98 Å². The number of hydrogen-bond donors (Lipinski definition) is 2. The third-order valence-corrected chi connectivity index (χ3v) is 5.76. The van der Waals surface area contributed by atoms with E-state index in [0.717, 1.165) is 12.8 Å². The van der Waals surface area contributed by atoms with E-state index in [2.05, 4.69) is 25.6 Å². The number of benzene rings is 1. The molecule has 11 heteroatoms. The Kier molecular flexibility index (Phi) is 6.28. The van der Waals surface area contributed by atoms with Crippen LogP contribution >= 0.6 is 0 Å². The monoisotopic (exact) mass is 503 g/mol. The van der Waals surface area contributed by atoms with Crippen LogP contribution in [0.25, 0.3) is 16.9 Å². The molecule has 2 N–H and O–H groups in total. The van der Waals surface area contributed by atoms with E-state index in [-0.39, 0.29) is 5.69 Å². The Morgan fingerprint density at radius 2 is 1.92 bits per heavy atom. The number of amides is 1. The van der Waals surface area contributed by atoms with Crippen LogP contribution in [-0.2, 0) is 11.3 Å². The Balaban J connectivity index is 1.53. The van der Waals surface area contributed by atoms with E-state index in [1.54, 1.807) is 81.2 Å². The second-order valence-electron chi connectivity index (χ2n) is 9.97. The lowest BCUT2D eigenvalue weighted by Crippen LogP contribution is -2.27. The molecule has 5 rings (SSSR count). The van der Waals surface area contributed by atoms with Crippen molar-refractivity contribution in [2.75, 3.05) is 17.7 Å². The third-order valence-electron chi connectivity index (χ3n) is 5.76. The Morgan fingerprint density at radius 1 is 1.11 bits per heavy atom. The summed E-state index contributed by atoms with van der Waals surface area (Å²) in [5, 5.41) is 5.86. The first-order valence-electron chi connectivity index (χ1n) is 12.1. The number of methoxy groups -OCH3 is 1. The van der Waals surface area contributed by atoms with Gasteiger partial charge in [-0.05, 0) is 63.8 Å². The Labute approximate surface area is 213 Å². The molecule has 0 atom stereocenters. The summed E-state index contributed by atoms with van der Waals surface area (Å²) >= 11 is 0. The third kappa shape index (κ3) is 5.55. The number of ether oxygens (including phenoxy) is 2. The molecule has 4 aromatic rings. The smallest absolute Gasteiger partial charge is 0.412 e. The van der Waals surface area contributed by atoms with Crippen molar-refractivity contribution in [3.8, 4) is 11.6 Å². The summed E-state index contributed by atoms with van der Waals surface area (Å²) in [5.74, 6) is 1.28. The highest BCUT2D eigenvalue weighted by Crippen LogP contribution is 2.31. The summed E-state index contributed by atoms with van der Waals surface area (Å²) in [4.78, 5) is 39.2. The highest BCUT2D eigenvalue weighted by molar-refractivity contribution is 5.85. The molecule has 3 aromatic heterocycles. The maximum absolute atomic E-state index is 13.6. The summed E-state index contributed by atoms with van der Waals surface area (Å²) in [6.45, 7) is 6.00. The molecular formula is C26H29N7O4. The zero-order valence-electron chi connectivity index (χ0n) is 21.2. The van der Waals surface area contributed by atoms with Crippen LogP contribution in [0.5, 0.6) is 5.88 Å². The fourth-order valence-corrected chi connectivity index (χ4v) is 3.91. The van der Waals surface area contributed by atoms with E-state index in [9.17, 15) is 9.59 Å². The average molecular weight is 504 g/mol. The Bertz CT molecular complexity index is 1500. The van der Waals surface area contributed by atoms with Crippen LogP contribution in [0.2, 0.25) is 0 Å². The first-order chi connectivity index (χ1) is 17.7. The number of rotatable bonds is 7. The van der Waals surface area contributed by atoms with Crippen molar-refractivity contribution in [2.24, 2.45) is 5.92 Å². The summed E-state index contributed by atoms with van der Waals surface area (Å²) in [6.07, 6.45) is 4.89. The number of carbonyl (C=O) groups is 1. The lowest BCUT2D eigenvalue weighted by molar-refractivity contribution is 0.0636. The average Bonchev–Trinajstić information content (AvgIpc) is 3.62. The summed E-state index contributed by atoms with van der Waals surface area (Å²) in [7, 11) is 1.55. The lowest BCUT2D eigenvalue weighted by Gasteiger charge is -2.19. The van der Waals surface area contributed by atoms with E-state index in [4.69, 9.17) is 9.47 Å². The van der Waals surface area contributed by atoms with Crippen LogP contribution in [0.4, 0.5) is 22.1 Å². The number of nitrogens with zero attached hydrogens (tertiary/aromatic N) is 5. The van der Waals surface area contributed by atoms with Crippen molar-refractivity contribution in [1.82, 2.24) is 24.1 Å². The summed E-state index contributed by atoms with van der Waals surface area (Å²) in [6, 6.07) is 10.5. The fraction of sp³-hybridized carbons (Fsp3) is 0.346. The van der Waals surface area contributed by atoms with Gasteiger partial charge in [-0.15, -0.1) is 0 Å². The number of fused-ring (bicyclic) bond motifs is 1. The predicted molar refractivity (Wildman–Crippen MR) is 140 cm³/mol. The van der Waals surface area contributed by atoms with Gasteiger partial charge in [-0.1, -0.05) is 6.07 Å². The van der Waals surface area contributed by atoms with Crippen LogP contribution in [0.3, 0.4) is 0 Å². The molecule has 1 fully saturated rings. The van der Waals surface area contributed by atoms with E-state index in [1.165, 1.54) is 4.57 Å². The van der Waals surface area contributed by atoms with Crippen molar-refractivity contribution in [2.45, 2.75) is 45.8 Å². The first-order valence-corrected chi connectivity index (χ1v) is 12.1. The molecule has 0 aliphatic heterocycles. The van der Waals surface area contributed by atoms with E-state index in [1.807, 2.05) is 0 Å². The van der Waals surface area contributed by atoms with Crippen LogP contribution in [0.15, 0.2) is 53.6 Å². The molecule has 11 nitrogen and oxygen atoms in total. The van der Waals surface area contributed by atoms with Gasteiger partial charge >= 0.3 is 11.8 Å². The van der Waals surface area contributed by atoms with Crippen LogP contribution in [0.1, 0.15) is 33.6 Å². The van der Waals surface area contributed by atoms with Crippen molar-refractivity contribution < 1.29 is 14.3 Å². The molecule has 1 amide bonds. The van der Waals surface area contributed by atoms with Gasteiger partial charge in [0.2, 0.25) is 11.8 Å². The topological polar surface area (TPSA) is 125 Å². The quantitative estimate of drug-likeness (QED) is 0.378. The Morgan fingerprint density at radius 3 is 2.59 bits per heavy atom. The number of hydrogen-bond acceptors (Lipinski definition) is 8. The van der Waals surface area contributed by atoms with Gasteiger partial charge in [0.15, 0.2) is 5.65 Å². The number of carbonyl (C=O) groups excluding carboxylic acids is 1. The standard InChI is InChI=1S/C26H29N7O4/c1-26(2,3)37-24(34)30-17-6-5-7-19(12-17)33-22-20(32(25(33)35)15-16-8-9-16)14-28-23(31-22)29-18-10-11-21(36-4)27-13-18/h5-7,10-14,16H,8-9,15H2,1-4H3,(H,30,34)(H,28,29,31). The molecule has 3 heterocycles. The predicted octanol–water partition coefficient (Wildman–Crippen LogP) is 4.49. The van der Waals surface area contributed by atoms with Crippen molar-refractivity contribution in [3.05, 3.63) is 59.3 Å². The van der Waals surface area contributed by atoms with Gasteiger partial charge in [0.1, 0.15) is 11.1 Å². The number of pyridine rings is 1. The molecule has 1 aliphatic carbocycles. The van der Waals surface area contributed by atoms with Crippen molar-refractivity contribution >= 4 is 34.6 Å². The number of nitrogens with one attached hydrogen (secondary N) is 2. The largest absolute Gasteiger partial charge is 0.481 e. The molecule has 37 heavy (non-hydrogen) atoms. The maximum atomic E-state index is 13.6. The molecule has 0 bridgehead atoms. The molecule has 1 aliphatic rings. The minimum atomic E-state index is -0.630. The SMILES string of the molecule is COc1ccc(Nc2ncc3c(n2)n(-c2cccc(NC(=O)OC(C)(C)C)c2)c(=O)n3CC2CC2)cn1. The molecule has 0 unspecified atom stereocenters. The zero-order chi connectivity index (χ0) is 26.2. The molecule has 1 aromatic carbocycles. The highest BCUT2D eigenvalue weighted by atomic mass is 16.6. The lowest BCUT2D eigenvalue weighted by atomic mass is 10.2. The summed E-state index contributed by atoms with van der Waals surface area (Å²) < 4.78 is 13.7. The number of anilines is 3. The van der Waals surface area contributed by atoms with E-state index >= 15 is 0 Å². The summed E-state index contributed by atoms with van der Waals surface area (Å²) in [5.41, 5.74) is 1.99. The van der Waals surface area contributed by atoms with Crippen molar-refractivity contribution in [1.29, 1.82) is 0 Å². The van der Waals surface area contributed by atoms with Gasteiger partial charge in [0.05, 0.1) is 30.9 Å². The highest BCUT2D eigenvalue weighted by Gasteiger charge is 2.26. The molecule has 0 spiro atoms. The van der Waals surface area contributed by atoms with Gasteiger partial charge in [-0.25, -0.2) is 24.1 Å². The van der Waals surface area contributed by atoms with Crippen LogP contribution < -0.4 is 21.1 Å². The minimum Gasteiger partial charge on any atom is -0.481 e. The molecule has 192 valence electrons. The van der Waals surface area contributed by atoms with Gasteiger partial charge in [-0.3, -0.25) is 9.88 Å². The number of aromatic nitrogens is 5. The fourth-order valence-electron chi connectivity index (χ4n) is 3.91. The number of imidazole rings is 1. The van der Waals surface area contributed by atoms with Crippen LogP contribution in [0, 0.1) is 5.92 Å². The van der Waals surface area contributed by atoms with Crippen molar-refractivity contribution in [3.63, 3.8) is 0 Å². The zero-order valence-corrected chi connectivity index (χ0v) is 21.2. The Hall–Kier alpha value is -4.41. The van der Waals surface area contributed by atoms with E-state index < -0.39 is 11.7 Å². The second kappa shape index (κ2) is 9.57. The normalized spacial score (nSPS) is 13.4. The molecule has 0 saturated heterocycles. The molecular weight excluding hydrogens is 474 g/mol. The van der Waals surface area contributed by atoms with E-state index in [0.29, 0.717) is 52.5 Å². The first kappa shape index (κ1) is 24.3. The maximum Gasteiger partial charge on any atom is 0.412 e. The molecule has 1 saturated carbocycles.